The number of benzene rings is 2. The van der Waals surface area contributed by atoms with Crippen molar-refractivity contribution in [1.29, 1.82) is 0 Å². The van der Waals surface area contributed by atoms with E-state index in [2.05, 4.69) is 67.7 Å². The second-order valence-corrected chi connectivity index (χ2v) is 5.34. The van der Waals surface area contributed by atoms with Gasteiger partial charge in [0.05, 0.1) is 12.6 Å². The molecular formula is C18H23NO. The van der Waals surface area contributed by atoms with Gasteiger partial charge in [0.1, 0.15) is 0 Å². The van der Waals surface area contributed by atoms with E-state index in [1.165, 1.54) is 11.1 Å². The normalized spacial score (nSPS) is 12.4. The molecule has 0 saturated carbocycles. The Morgan fingerprint density at radius 1 is 0.950 bits per heavy atom. The van der Waals surface area contributed by atoms with Gasteiger partial charge in [-0.25, -0.2) is 0 Å². The van der Waals surface area contributed by atoms with Gasteiger partial charge in [-0.2, -0.15) is 0 Å². The maximum absolute atomic E-state index is 5.35. The Kier molecular flexibility index (Phi) is 5.19. The number of nitrogens with one attached hydrogen (secondary N) is 1. The van der Waals surface area contributed by atoms with Gasteiger partial charge in [-0.15, -0.1) is 0 Å². The Labute approximate surface area is 121 Å². The minimum Gasteiger partial charge on any atom is -0.382 e. The van der Waals surface area contributed by atoms with E-state index in [1.54, 1.807) is 7.11 Å². The predicted octanol–water partition coefficient (Wildman–Crippen LogP) is 4.61. The number of ether oxygens (including phenoxy) is 1. The van der Waals surface area contributed by atoms with Crippen LogP contribution in [-0.2, 0) is 4.74 Å². The summed E-state index contributed by atoms with van der Waals surface area (Å²) >= 11 is 0. The number of anilines is 1. The minimum absolute atomic E-state index is 0.170. The fraction of sp³-hybridized carbons (Fsp3) is 0.333. The van der Waals surface area contributed by atoms with Crippen molar-refractivity contribution in [3.8, 4) is 0 Å². The molecule has 1 unspecified atom stereocenters. The molecule has 0 heterocycles. The number of hydrogen-bond acceptors (Lipinski definition) is 2. The molecule has 0 aliphatic rings. The summed E-state index contributed by atoms with van der Waals surface area (Å²) in [4.78, 5) is 0. The van der Waals surface area contributed by atoms with E-state index < -0.39 is 0 Å². The minimum atomic E-state index is 0.170. The molecule has 0 amide bonds. The third-order valence-electron chi connectivity index (χ3n) is 3.43. The van der Waals surface area contributed by atoms with Gasteiger partial charge in [-0.1, -0.05) is 56.3 Å². The molecule has 0 saturated heterocycles. The fourth-order valence-electron chi connectivity index (χ4n) is 2.26. The average Bonchev–Trinajstić information content (AvgIpc) is 2.48. The molecule has 0 aromatic heterocycles. The fourth-order valence-corrected chi connectivity index (χ4v) is 2.26. The van der Waals surface area contributed by atoms with Crippen molar-refractivity contribution in [1.82, 2.24) is 0 Å². The van der Waals surface area contributed by atoms with Gasteiger partial charge in [0.2, 0.25) is 0 Å². The van der Waals surface area contributed by atoms with Gasteiger partial charge in [0.15, 0.2) is 0 Å². The molecule has 0 aliphatic carbocycles. The molecule has 0 radical (unpaired) electrons. The van der Waals surface area contributed by atoms with Gasteiger partial charge in [0, 0.05) is 12.8 Å². The van der Waals surface area contributed by atoms with Gasteiger partial charge < -0.3 is 10.1 Å². The third-order valence-corrected chi connectivity index (χ3v) is 3.43. The number of rotatable bonds is 6. The van der Waals surface area contributed by atoms with Crippen molar-refractivity contribution in [2.75, 3.05) is 19.0 Å². The second kappa shape index (κ2) is 7.11. The van der Waals surface area contributed by atoms with E-state index in [9.17, 15) is 0 Å². The van der Waals surface area contributed by atoms with Crippen LogP contribution in [0, 0.1) is 0 Å². The molecule has 1 N–H and O–H groups in total. The van der Waals surface area contributed by atoms with E-state index >= 15 is 0 Å². The molecule has 0 spiro atoms. The summed E-state index contributed by atoms with van der Waals surface area (Å²) in [5, 5.41) is 3.57. The van der Waals surface area contributed by atoms with Crippen LogP contribution < -0.4 is 5.32 Å². The van der Waals surface area contributed by atoms with Crippen LogP contribution in [0.15, 0.2) is 54.6 Å². The lowest BCUT2D eigenvalue weighted by Crippen LogP contribution is -2.16. The highest BCUT2D eigenvalue weighted by atomic mass is 16.5. The highest BCUT2D eigenvalue weighted by Gasteiger charge is 2.11. The van der Waals surface area contributed by atoms with Crippen molar-refractivity contribution in [3.63, 3.8) is 0 Å². The SMILES string of the molecule is COCC(Nc1cccc(C(C)C)c1)c1ccccc1. The van der Waals surface area contributed by atoms with E-state index in [0.717, 1.165) is 5.69 Å². The first-order valence-electron chi connectivity index (χ1n) is 7.11. The lowest BCUT2D eigenvalue weighted by Gasteiger charge is -2.20. The topological polar surface area (TPSA) is 21.3 Å². The van der Waals surface area contributed by atoms with E-state index in [4.69, 9.17) is 4.74 Å². The molecule has 2 aromatic rings. The largest absolute Gasteiger partial charge is 0.382 e. The van der Waals surface area contributed by atoms with Crippen LogP contribution in [0.2, 0.25) is 0 Å². The van der Waals surface area contributed by atoms with Crippen molar-refractivity contribution in [3.05, 3.63) is 65.7 Å². The van der Waals surface area contributed by atoms with E-state index in [1.807, 2.05) is 6.07 Å². The van der Waals surface area contributed by atoms with Crippen molar-refractivity contribution >= 4 is 5.69 Å². The van der Waals surface area contributed by atoms with Gasteiger partial charge >= 0.3 is 0 Å². The van der Waals surface area contributed by atoms with E-state index in [0.29, 0.717) is 12.5 Å². The summed E-state index contributed by atoms with van der Waals surface area (Å²) in [7, 11) is 1.74. The molecule has 2 heteroatoms. The molecule has 0 fully saturated rings. The summed E-state index contributed by atoms with van der Waals surface area (Å²) in [6.07, 6.45) is 0. The van der Waals surface area contributed by atoms with Crippen LogP contribution in [0.25, 0.3) is 0 Å². The maximum Gasteiger partial charge on any atom is 0.0747 e. The molecule has 106 valence electrons. The first-order chi connectivity index (χ1) is 9.70. The highest BCUT2D eigenvalue weighted by molar-refractivity contribution is 5.48. The third kappa shape index (κ3) is 3.84. The summed E-state index contributed by atoms with van der Waals surface area (Å²) in [6, 6.07) is 19.2. The zero-order valence-corrected chi connectivity index (χ0v) is 12.5. The smallest absolute Gasteiger partial charge is 0.0747 e. The average molecular weight is 269 g/mol. The number of methoxy groups -OCH3 is 1. The van der Waals surface area contributed by atoms with Crippen molar-refractivity contribution in [2.24, 2.45) is 0 Å². The quantitative estimate of drug-likeness (QED) is 0.827. The van der Waals surface area contributed by atoms with E-state index in [-0.39, 0.29) is 6.04 Å². The predicted molar refractivity (Wildman–Crippen MR) is 85.2 cm³/mol. The molecule has 2 aromatic carbocycles. The monoisotopic (exact) mass is 269 g/mol. The highest BCUT2D eigenvalue weighted by Crippen LogP contribution is 2.23. The van der Waals surface area contributed by atoms with Crippen LogP contribution in [-0.4, -0.2) is 13.7 Å². The Bertz CT molecular complexity index is 522. The summed E-state index contributed by atoms with van der Waals surface area (Å²) in [5.74, 6) is 0.536. The van der Waals surface area contributed by atoms with Crippen LogP contribution >= 0.6 is 0 Å². The molecule has 0 aliphatic heterocycles. The first-order valence-corrected chi connectivity index (χ1v) is 7.11. The molecule has 20 heavy (non-hydrogen) atoms. The standard InChI is InChI=1S/C18H23NO/c1-14(2)16-10-7-11-17(12-16)19-18(13-20-3)15-8-5-4-6-9-15/h4-12,14,18-19H,13H2,1-3H3. The summed E-state index contributed by atoms with van der Waals surface area (Å²) in [5.41, 5.74) is 3.73. The lowest BCUT2D eigenvalue weighted by atomic mass is 10.0. The summed E-state index contributed by atoms with van der Waals surface area (Å²) in [6.45, 7) is 5.07. The van der Waals surface area contributed by atoms with Crippen LogP contribution in [0.3, 0.4) is 0 Å². The first kappa shape index (κ1) is 14.6. The Morgan fingerprint density at radius 3 is 2.30 bits per heavy atom. The Balaban J connectivity index is 2.18. The lowest BCUT2D eigenvalue weighted by molar-refractivity contribution is 0.186. The maximum atomic E-state index is 5.35. The Hall–Kier alpha value is -1.80. The van der Waals surface area contributed by atoms with Crippen molar-refractivity contribution < 1.29 is 4.74 Å². The zero-order valence-electron chi connectivity index (χ0n) is 12.5. The van der Waals surface area contributed by atoms with Crippen molar-refractivity contribution in [2.45, 2.75) is 25.8 Å². The van der Waals surface area contributed by atoms with Crippen LogP contribution in [0.1, 0.15) is 36.9 Å². The molecular weight excluding hydrogens is 246 g/mol. The molecule has 0 bridgehead atoms. The van der Waals surface area contributed by atoms with Crippen LogP contribution in [0.5, 0.6) is 0 Å². The molecule has 2 nitrogen and oxygen atoms in total. The van der Waals surface area contributed by atoms with Gasteiger partial charge in [0.25, 0.3) is 0 Å². The molecule has 1 atom stereocenters. The second-order valence-electron chi connectivity index (χ2n) is 5.34. The molecule has 2 rings (SSSR count). The van der Waals surface area contributed by atoms with Crippen LogP contribution in [0.4, 0.5) is 5.69 Å². The Morgan fingerprint density at radius 2 is 1.65 bits per heavy atom. The summed E-state index contributed by atoms with van der Waals surface area (Å²) < 4.78 is 5.35. The van der Waals surface area contributed by atoms with Gasteiger partial charge in [-0.05, 0) is 29.2 Å². The zero-order chi connectivity index (χ0) is 14.4. The van der Waals surface area contributed by atoms with Gasteiger partial charge in [-0.3, -0.25) is 0 Å². The number of hydrogen-bond donors (Lipinski definition) is 1.